The molecule has 0 aliphatic carbocycles. The van der Waals surface area contributed by atoms with Gasteiger partial charge in [-0.25, -0.2) is 0 Å². The predicted molar refractivity (Wildman–Crippen MR) is 80.6 cm³/mol. The number of rotatable bonds is 3. The van der Waals surface area contributed by atoms with E-state index in [1.165, 1.54) is 22.5 Å². The molecule has 19 heavy (non-hydrogen) atoms. The number of thiophene rings is 1. The molecule has 0 aliphatic rings. The molecule has 0 bridgehead atoms. The first-order chi connectivity index (χ1) is 9.36. The number of carbonyl (C=O) groups is 1. The van der Waals surface area contributed by atoms with Crippen molar-refractivity contribution in [3.63, 3.8) is 0 Å². The van der Waals surface area contributed by atoms with Crippen LogP contribution in [0.1, 0.15) is 9.67 Å². The molecule has 0 spiro atoms. The van der Waals surface area contributed by atoms with Crippen molar-refractivity contribution in [2.45, 2.75) is 0 Å². The standard InChI is InChI=1S/C17H12OS/c18-12-16-10-11-17(19-16)15-8-6-14(7-9-15)13-4-2-1-3-5-13/h1-12H. The topological polar surface area (TPSA) is 17.1 Å². The fourth-order valence-electron chi connectivity index (χ4n) is 2.03. The summed E-state index contributed by atoms with van der Waals surface area (Å²) < 4.78 is 0. The molecule has 0 fully saturated rings. The second-order valence-electron chi connectivity index (χ2n) is 4.26. The number of benzene rings is 2. The molecule has 0 saturated carbocycles. The van der Waals surface area contributed by atoms with E-state index in [9.17, 15) is 4.79 Å². The summed E-state index contributed by atoms with van der Waals surface area (Å²) in [4.78, 5) is 12.6. The molecule has 2 heteroatoms. The van der Waals surface area contributed by atoms with E-state index in [0.717, 1.165) is 21.6 Å². The Morgan fingerprint density at radius 2 is 1.32 bits per heavy atom. The molecule has 1 nitrogen and oxygen atoms in total. The van der Waals surface area contributed by atoms with Gasteiger partial charge in [0.15, 0.2) is 6.29 Å². The fourth-order valence-corrected chi connectivity index (χ4v) is 2.86. The molecule has 1 heterocycles. The summed E-state index contributed by atoms with van der Waals surface area (Å²) in [5.74, 6) is 0. The van der Waals surface area contributed by atoms with Crippen LogP contribution in [0.15, 0.2) is 66.7 Å². The average molecular weight is 264 g/mol. The monoisotopic (exact) mass is 264 g/mol. The lowest BCUT2D eigenvalue weighted by Crippen LogP contribution is -1.77. The summed E-state index contributed by atoms with van der Waals surface area (Å²) in [5.41, 5.74) is 3.57. The highest BCUT2D eigenvalue weighted by Crippen LogP contribution is 2.29. The van der Waals surface area contributed by atoms with Gasteiger partial charge in [-0.05, 0) is 28.8 Å². The normalized spacial score (nSPS) is 10.3. The quantitative estimate of drug-likeness (QED) is 0.615. The van der Waals surface area contributed by atoms with Crippen LogP contribution in [-0.2, 0) is 0 Å². The first kappa shape index (κ1) is 11.9. The fraction of sp³-hybridized carbons (Fsp3) is 0. The number of hydrogen-bond acceptors (Lipinski definition) is 2. The highest BCUT2D eigenvalue weighted by Gasteiger charge is 2.03. The Labute approximate surface area is 116 Å². The number of hydrogen-bond donors (Lipinski definition) is 0. The third kappa shape index (κ3) is 2.49. The van der Waals surface area contributed by atoms with E-state index in [1.54, 1.807) is 0 Å². The van der Waals surface area contributed by atoms with Gasteiger partial charge in [-0.15, -0.1) is 11.3 Å². The van der Waals surface area contributed by atoms with Crippen LogP contribution < -0.4 is 0 Å². The van der Waals surface area contributed by atoms with Crippen molar-refractivity contribution < 1.29 is 4.79 Å². The van der Waals surface area contributed by atoms with Crippen LogP contribution in [0, 0.1) is 0 Å². The third-order valence-electron chi connectivity index (χ3n) is 3.02. The molecule has 1 aromatic heterocycles. The first-order valence-corrected chi connectivity index (χ1v) is 6.89. The molecule has 0 saturated heterocycles. The van der Waals surface area contributed by atoms with Gasteiger partial charge < -0.3 is 0 Å². The maximum atomic E-state index is 10.7. The number of aldehydes is 1. The maximum absolute atomic E-state index is 10.7. The third-order valence-corrected chi connectivity index (χ3v) is 4.08. The molecule has 0 atom stereocenters. The zero-order valence-electron chi connectivity index (χ0n) is 10.2. The molecular formula is C17H12OS. The Kier molecular flexibility index (Phi) is 3.25. The highest BCUT2D eigenvalue weighted by atomic mass is 32.1. The Hall–Kier alpha value is -2.19. The summed E-state index contributed by atoms with van der Waals surface area (Å²) in [5, 5.41) is 0. The van der Waals surface area contributed by atoms with E-state index in [-0.39, 0.29) is 0 Å². The minimum absolute atomic E-state index is 0.766. The van der Waals surface area contributed by atoms with E-state index in [4.69, 9.17) is 0 Å². The zero-order chi connectivity index (χ0) is 13.1. The summed E-state index contributed by atoms with van der Waals surface area (Å²) in [6.45, 7) is 0. The largest absolute Gasteiger partial charge is 0.297 e. The van der Waals surface area contributed by atoms with E-state index >= 15 is 0 Å². The summed E-state index contributed by atoms with van der Waals surface area (Å²) >= 11 is 1.52. The summed E-state index contributed by atoms with van der Waals surface area (Å²) in [6.07, 6.45) is 0.895. The van der Waals surface area contributed by atoms with Gasteiger partial charge in [0.05, 0.1) is 4.88 Å². The second-order valence-corrected chi connectivity index (χ2v) is 5.38. The molecule has 2 aromatic carbocycles. The van der Waals surface area contributed by atoms with Crippen molar-refractivity contribution in [2.24, 2.45) is 0 Å². The predicted octanol–water partition coefficient (Wildman–Crippen LogP) is 4.89. The van der Waals surface area contributed by atoms with Gasteiger partial charge in [-0.3, -0.25) is 4.79 Å². The van der Waals surface area contributed by atoms with Crippen LogP contribution in [0.2, 0.25) is 0 Å². The van der Waals surface area contributed by atoms with Crippen molar-refractivity contribution in [1.82, 2.24) is 0 Å². The first-order valence-electron chi connectivity index (χ1n) is 6.08. The van der Waals surface area contributed by atoms with Gasteiger partial charge in [0.1, 0.15) is 0 Å². The Morgan fingerprint density at radius 1 is 0.684 bits per heavy atom. The molecule has 0 unspecified atom stereocenters. The number of carbonyl (C=O) groups excluding carboxylic acids is 1. The zero-order valence-corrected chi connectivity index (χ0v) is 11.1. The molecular weight excluding hydrogens is 252 g/mol. The van der Waals surface area contributed by atoms with Crippen LogP contribution in [0.3, 0.4) is 0 Å². The van der Waals surface area contributed by atoms with Crippen molar-refractivity contribution in [2.75, 3.05) is 0 Å². The molecule has 3 aromatic rings. The maximum Gasteiger partial charge on any atom is 0.160 e. The van der Waals surface area contributed by atoms with Gasteiger partial charge in [0.2, 0.25) is 0 Å². The van der Waals surface area contributed by atoms with Crippen LogP contribution in [-0.4, -0.2) is 6.29 Å². The smallest absolute Gasteiger partial charge is 0.160 e. The van der Waals surface area contributed by atoms with E-state index in [0.29, 0.717) is 0 Å². The Morgan fingerprint density at radius 3 is 1.95 bits per heavy atom. The highest BCUT2D eigenvalue weighted by molar-refractivity contribution is 7.17. The Balaban J connectivity index is 1.92. The summed E-state index contributed by atoms with van der Waals surface area (Å²) in [7, 11) is 0. The molecule has 0 aliphatic heterocycles. The second kappa shape index (κ2) is 5.21. The minimum Gasteiger partial charge on any atom is -0.297 e. The van der Waals surface area contributed by atoms with Gasteiger partial charge >= 0.3 is 0 Å². The van der Waals surface area contributed by atoms with Gasteiger partial charge in [-0.2, -0.15) is 0 Å². The lowest BCUT2D eigenvalue weighted by Gasteiger charge is -2.03. The minimum atomic E-state index is 0.766. The van der Waals surface area contributed by atoms with Crippen LogP contribution in [0.25, 0.3) is 21.6 Å². The average Bonchev–Trinajstić information content (AvgIpc) is 2.97. The SMILES string of the molecule is O=Cc1ccc(-c2ccc(-c3ccccc3)cc2)s1. The summed E-state index contributed by atoms with van der Waals surface area (Å²) in [6, 6.07) is 22.6. The molecule has 0 N–H and O–H groups in total. The molecule has 0 amide bonds. The van der Waals surface area contributed by atoms with Crippen molar-refractivity contribution in [3.05, 3.63) is 71.6 Å². The molecule has 0 radical (unpaired) electrons. The van der Waals surface area contributed by atoms with E-state index in [2.05, 4.69) is 36.4 Å². The molecule has 92 valence electrons. The van der Waals surface area contributed by atoms with Crippen LogP contribution in [0.5, 0.6) is 0 Å². The van der Waals surface area contributed by atoms with E-state index < -0.39 is 0 Å². The van der Waals surface area contributed by atoms with Crippen molar-refractivity contribution in [3.8, 4) is 21.6 Å². The molecule has 3 rings (SSSR count). The van der Waals surface area contributed by atoms with Gasteiger partial charge in [-0.1, -0.05) is 54.6 Å². The lowest BCUT2D eigenvalue weighted by molar-refractivity contribution is 0.112. The van der Waals surface area contributed by atoms with Gasteiger partial charge in [0.25, 0.3) is 0 Å². The van der Waals surface area contributed by atoms with Crippen LogP contribution in [0.4, 0.5) is 0 Å². The van der Waals surface area contributed by atoms with Crippen molar-refractivity contribution >= 4 is 17.6 Å². The Bertz CT molecular complexity index is 681. The lowest BCUT2D eigenvalue weighted by atomic mass is 10.0. The van der Waals surface area contributed by atoms with Crippen LogP contribution >= 0.6 is 11.3 Å². The van der Waals surface area contributed by atoms with Crippen molar-refractivity contribution in [1.29, 1.82) is 0 Å². The van der Waals surface area contributed by atoms with Gasteiger partial charge in [0, 0.05) is 4.88 Å². The van der Waals surface area contributed by atoms with E-state index in [1.807, 2.05) is 30.3 Å².